The van der Waals surface area contributed by atoms with Crippen molar-refractivity contribution < 1.29 is 22.7 Å². The van der Waals surface area contributed by atoms with Crippen molar-refractivity contribution >= 4 is 27.5 Å². The maximum atomic E-state index is 13.9. The third kappa shape index (κ3) is 7.60. The molecule has 0 aromatic heterocycles. The van der Waals surface area contributed by atoms with E-state index in [4.69, 9.17) is 4.74 Å². The van der Waals surface area contributed by atoms with Crippen molar-refractivity contribution in [1.82, 2.24) is 10.2 Å². The molecule has 1 atom stereocenters. The number of carbonyl (C=O) groups excluding carboxylic acids is 2. The van der Waals surface area contributed by atoms with Crippen LogP contribution in [0.5, 0.6) is 5.75 Å². The van der Waals surface area contributed by atoms with E-state index < -0.39 is 28.5 Å². The fourth-order valence-electron chi connectivity index (χ4n) is 4.01. The molecule has 9 heteroatoms. The Bertz CT molecular complexity index is 1390. The maximum absolute atomic E-state index is 13.9. The number of methoxy groups -OCH3 is 1. The number of hydrogen-bond acceptors (Lipinski definition) is 5. The Morgan fingerprint density at radius 2 is 1.49 bits per heavy atom. The van der Waals surface area contributed by atoms with Crippen molar-refractivity contribution in [3.05, 3.63) is 89.5 Å². The molecule has 0 fully saturated rings. The number of anilines is 1. The molecule has 0 heterocycles. The van der Waals surface area contributed by atoms with Crippen LogP contribution in [-0.4, -0.2) is 50.9 Å². The number of hydrogen-bond donors (Lipinski definition) is 1. The average Bonchev–Trinajstić information content (AvgIpc) is 2.90. The van der Waals surface area contributed by atoms with E-state index in [0.29, 0.717) is 5.75 Å². The van der Waals surface area contributed by atoms with Crippen LogP contribution in [0, 0.1) is 13.8 Å². The van der Waals surface area contributed by atoms with Gasteiger partial charge in [-0.1, -0.05) is 53.6 Å². The van der Waals surface area contributed by atoms with E-state index in [0.717, 1.165) is 21.0 Å². The highest BCUT2D eigenvalue weighted by atomic mass is 32.2. The van der Waals surface area contributed by atoms with Crippen molar-refractivity contribution in [3.8, 4) is 5.75 Å². The summed E-state index contributed by atoms with van der Waals surface area (Å²) in [6.07, 6.45) is 0. The largest absolute Gasteiger partial charge is 0.497 e. The fourth-order valence-corrected chi connectivity index (χ4v) is 5.42. The summed E-state index contributed by atoms with van der Waals surface area (Å²) in [5.41, 5.74) is 3.08. The van der Waals surface area contributed by atoms with E-state index in [1.165, 1.54) is 24.1 Å². The van der Waals surface area contributed by atoms with Gasteiger partial charge in [-0.2, -0.15) is 0 Å². The van der Waals surface area contributed by atoms with Gasteiger partial charge < -0.3 is 15.0 Å². The van der Waals surface area contributed by atoms with E-state index in [1.54, 1.807) is 43.3 Å². The quantitative estimate of drug-likeness (QED) is 0.380. The van der Waals surface area contributed by atoms with Gasteiger partial charge in [0.2, 0.25) is 11.8 Å². The van der Waals surface area contributed by atoms with Gasteiger partial charge in [0.1, 0.15) is 18.3 Å². The Balaban J connectivity index is 2.04. The monoisotopic (exact) mass is 551 g/mol. The highest BCUT2D eigenvalue weighted by Gasteiger charge is 2.32. The molecule has 0 aliphatic heterocycles. The van der Waals surface area contributed by atoms with Gasteiger partial charge >= 0.3 is 0 Å². The molecule has 3 rings (SSSR count). The van der Waals surface area contributed by atoms with Crippen LogP contribution in [0.15, 0.2) is 77.7 Å². The third-order valence-corrected chi connectivity index (χ3v) is 8.09. The fraction of sp³-hybridized carbons (Fsp3) is 0.333. The Morgan fingerprint density at radius 1 is 0.897 bits per heavy atom. The van der Waals surface area contributed by atoms with Crippen molar-refractivity contribution in [2.45, 2.75) is 58.1 Å². The number of nitrogens with one attached hydrogen (secondary N) is 1. The molecule has 0 radical (unpaired) electrons. The molecule has 208 valence electrons. The lowest BCUT2D eigenvalue weighted by atomic mass is 10.1. The summed E-state index contributed by atoms with van der Waals surface area (Å²) in [5.74, 6) is -0.384. The molecule has 0 bridgehead atoms. The van der Waals surface area contributed by atoms with E-state index in [9.17, 15) is 18.0 Å². The molecule has 0 spiro atoms. The average molecular weight is 552 g/mol. The van der Waals surface area contributed by atoms with Gasteiger partial charge in [0.05, 0.1) is 17.7 Å². The summed E-state index contributed by atoms with van der Waals surface area (Å²) in [6.45, 7) is 8.80. The standard InChI is InChI=1S/C30H37N3O5S/c1-21(2)31-30(35)24(5)32(19-25-14-10-22(3)11-15-25)29(34)20-33(26-8-7-9-27(18-26)38-6)39(36,37)28-16-12-23(4)13-17-28/h7-18,21,24H,19-20H2,1-6H3,(H,31,35)/t24-/m1/s1. The molecule has 0 aliphatic carbocycles. The number of aryl methyl sites for hydroxylation is 2. The van der Waals surface area contributed by atoms with Crippen molar-refractivity contribution in [2.75, 3.05) is 18.0 Å². The Morgan fingerprint density at radius 3 is 2.05 bits per heavy atom. The lowest BCUT2D eigenvalue weighted by Gasteiger charge is -2.32. The second-order valence-corrected chi connectivity index (χ2v) is 11.7. The van der Waals surface area contributed by atoms with E-state index in [2.05, 4.69) is 5.32 Å². The summed E-state index contributed by atoms with van der Waals surface area (Å²) in [6, 6.07) is 19.7. The van der Waals surface area contributed by atoms with E-state index >= 15 is 0 Å². The van der Waals surface area contributed by atoms with Gasteiger partial charge in [0.15, 0.2) is 0 Å². The first-order valence-corrected chi connectivity index (χ1v) is 14.2. The molecular formula is C30H37N3O5S. The summed E-state index contributed by atoms with van der Waals surface area (Å²) in [5, 5.41) is 2.85. The molecule has 8 nitrogen and oxygen atoms in total. The van der Waals surface area contributed by atoms with Crippen LogP contribution in [0.1, 0.15) is 37.5 Å². The normalized spacial score (nSPS) is 12.1. The van der Waals surface area contributed by atoms with Crippen LogP contribution in [0.3, 0.4) is 0 Å². The maximum Gasteiger partial charge on any atom is 0.264 e. The van der Waals surface area contributed by atoms with Crippen molar-refractivity contribution in [2.24, 2.45) is 0 Å². The first kappa shape index (κ1) is 29.7. The second kappa shape index (κ2) is 12.8. The first-order chi connectivity index (χ1) is 18.4. The lowest BCUT2D eigenvalue weighted by molar-refractivity contribution is -0.139. The molecule has 3 aromatic carbocycles. The summed E-state index contributed by atoms with van der Waals surface area (Å²) >= 11 is 0. The predicted octanol–water partition coefficient (Wildman–Crippen LogP) is 4.45. The highest BCUT2D eigenvalue weighted by molar-refractivity contribution is 7.92. The van der Waals surface area contributed by atoms with Crippen LogP contribution in [0.4, 0.5) is 5.69 Å². The Hall–Kier alpha value is -3.85. The lowest BCUT2D eigenvalue weighted by Crippen LogP contribution is -2.52. The number of nitrogens with zero attached hydrogens (tertiary/aromatic N) is 2. The van der Waals surface area contributed by atoms with Gasteiger partial charge in [-0.15, -0.1) is 0 Å². The summed E-state index contributed by atoms with van der Waals surface area (Å²) in [4.78, 5) is 28.4. The number of sulfonamides is 1. The molecule has 1 N–H and O–H groups in total. The van der Waals surface area contributed by atoms with Crippen LogP contribution in [0.25, 0.3) is 0 Å². The van der Waals surface area contributed by atoms with Gasteiger partial charge in [-0.05, 0) is 64.4 Å². The number of carbonyl (C=O) groups is 2. The topological polar surface area (TPSA) is 96.0 Å². The minimum atomic E-state index is -4.14. The van der Waals surface area contributed by atoms with Crippen LogP contribution in [0.2, 0.25) is 0 Å². The molecule has 39 heavy (non-hydrogen) atoms. The molecule has 0 unspecified atom stereocenters. The summed E-state index contributed by atoms with van der Waals surface area (Å²) < 4.78 is 34.1. The third-order valence-electron chi connectivity index (χ3n) is 6.30. The zero-order valence-electron chi connectivity index (χ0n) is 23.3. The predicted molar refractivity (Wildman–Crippen MR) is 153 cm³/mol. The highest BCUT2D eigenvalue weighted by Crippen LogP contribution is 2.28. The van der Waals surface area contributed by atoms with Gasteiger partial charge in [0.25, 0.3) is 10.0 Å². The number of rotatable bonds is 11. The number of benzene rings is 3. The Kier molecular flexibility index (Phi) is 9.75. The molecule has 2 amide bonds. The number of amides is 2. The molecule has 3 aromatic rings. The van der Waals surface area contributed by atoms with Gasteiger partial charge in [0, 0.05) is 18.7 Å². The first-order valence-electron chi connectivity index (χ1n) is 12.8. The SMILES string of the molecule is COc1cccc(N(CC(=O)N(Cc2ccc(C)cc2)[C@H](C)C(=O)NC(C)C)S(=O)(=O)c2ccc(C)cc2)c1. The Labute approximate surface area is 231 Å². The minimum Gasteiger partial charge on any atom is -0.497 e. The smallest absolute Gasteiger partial charge is 0.264 e. The molecule has 0 saturated carbocycles. The van der Waals surface area contributed by atoms with Gasteiger partial charge in [-0.25, -0.2) is 8.42 Å². The van der Waals surface area contributed by atoms with E-state index in [1.807, 2.05) is 52.0 Å². The second-order valence-electron chi connectivity index (χ2n) is 9.87. The molecule has 0 saturated heterocycles. The molecule has 0 aliphatic rings. The van der Waals surface area contributed by atoms with Gasteiger partial charge in [-0.3, -0.25) is 13.9 Å². The van der Waals surface area contributed by atoms with Crippen LogP contribution in [-0.2, 0) is 26.2 Å². The van der Waals surface area contributed by atoms with Crippen LogP contribution >= 0.6 is 0 Å². The van der Waals surface area contributed by atoms with E-state index in [-0.39, 0.29) is 29.1 Å². The van der Waals surface area contributed by atoms with Crippen molar-refractivity contribution in [3.63, 3.8) is 0 Å². The van der Waals surface area contributed by atoms with Crippen LogP contribution < -0.4 is 14.4 Å². The van der Waals surface area contributed by atoms with Crippen molar-refractivity contribution in [1.29, 1.82) is 0 Å². The minimum absolute atomic E-state index is 0.0550. The number of ether oxygens (including phenoxy) is 1. The molecular weight excluding hydrogens is 514 g/mol. The zero-order chi connectivity index (χ0) is 28.7. The zero-order valence-corrected chi connectivity index (χ0v) is 24.2. The summed E-state index contributed by atoms with van der Waals surface area (Å²) in [7, 11) is -2.65.